The Balaban J connectivity index is 1.95. The maximum Gasteiger partial charge on any atom is 0.133 e. The molecule has 0 amide bonds. The highest BCUT2D eigenvalue weighted by Crippen LogP contribution is 2.36. The van der Waals surface area contributed by atoms with Crippen LogP contribution in [-0.4, -0.2) is 16.3 Å². The lowest BCUT2D eigenvalue weighted by Crippen LogP contribution is -2.07. The first-order valence-corrected chi connectivity index (χ1v) is 9.75. The first kappa shape index (κ1) is 17.0. The van der Waals surface area contributed by atoms with Gasteiger partial charge in [-0.1, -0.05) is 51.3 Å². The zero-order valence-corrected chi connectivity index (χ0v) is 16.5. The SMILES string of the molecule is Clc1ccc(Cl)c(-n2nc(-c3cccc(Br)c3)c3c2NCCCC3)c1. The number of nitrogens with one attached hydrogen (secondary N) is 1. The smallest absolute Gasteiger partial charge is 0.133 e. The molecule has 0 atom stereocenters. The van der Waals surface area contributed by atoms with E-state index in [9.17, 15) is 0 Å². The molecule has 1 aliphatic rings. The number of halogens is 3. The molecule has 6 heteroatoms. The predicted octanol–water partition coefficient (Wildman–Crippen LogP) is 6.36. The molecule has 3 aromatic rings. The molecule has 25 heavy (non-hydrogen) atoms. The summed E-state index contributed by atoms with van der Waals surface area (Å²) in [6.45, 7) is 0.925. The number of rotatable bonds is 2. The van der Waals surface area contributed by atoms with E-state index in [1.807, 2.05) is 28.9 Å². The molecule has 0 saturated heterocycles. The van der Waals surface area contributed by atoms with Crippen LogP contribution < -0.4 is 5.32 Å². The Labute approximate surface area is 165 Å². The van der Waals surface area contributed by atoms with Gasteiger partial charge in [0.1, 0.15) is 5.82 Å². The highest BCUT2D eigenvalue weighted by Gasteiger charge is 2.22. The number of aromatic nitrogens is 2. The van der Waals surface area contributed by atoms with Crippen molar-refractivity contribution in [2.75, 3.05) is 11.9 Å². The zero-order chi connectivity index (χ0) is 17.4. The molecule has 2 aromatic carbocycles. The summed E-state index contributed by atoms with van der Waals surface area (Å²) in [5, 5.41) is 9.70. The van der Waals surface area contributed by atoms with Crippen LogP contribution in [-0.2, 0) is 6.42 Å². The van der Waals surface area contributed by atoms with Crippen LogP contribution in [0.15, 0.2) is 46.9 Å². The van der Waals surface area contributed by atoms with Gasteiger partial charge in [-0.25, -0.2) is 4.68 Å². The minimum atomic E-state index is 0.626. The molecule has 0 fully saturated rings. The van der Waals surface area contributed by atoms with Crippen LogP contribution in [0.3, 0.4) is 0 Å². The molecule has 2 heterocycles. The minimum Gasteiger partial charge on any atom is -0.370 e. The number of hydrogen-bond donors (Lipinski definition) is 1. The Hall–Kier alpha value is -1.49. The van der Waals surface area contributed by atoms with Gasteiger partial charge in [0.15, 0.2) is 0 Å². The molecule has 0 radical (unpaired) electrons. The summed E-state index contributed by atoms with van der Waals surface area (Å²) in [6.07, 6.45) is 3.26. The maximum atomic E-state index is 6.44. The largest absolute Gasteiger partial charge is 0.370 e. The Kier molecular flexibility index (Phi) is 4.76. The summed E-state index contributed by atoms with van der Waals surface area (Å²) in [6, 6.07) is 13.7. The van der Waals surface area contributed by atoms with E-state index >= 15 is 0 Å². The van der Waals surface area contributed by atoms with E-state index in [1.165, 1.54) is 5.56 Å². The van der Waals surface area contributed by atoms with Crippen molar-refractivity contribution in [3.63, 3.8) is 0 Å². The van der Waals surface area contributed by atoms with Crippen molar-refractivity contribution in [1.29, 1.82) is 0 Å². The van der Waals surface area contributed by atoms with Crippen molar-refractivity contribution in [1.82, 2.24) is 9.78 Å². The number of fused-ring (bicyclic) bond motifs is 1. The van der Waals surface area contributed by atoms with Crippen molar-refractivity contribution in [2.45, 2.75) is 19.3 Å². The van der Waals surface area contributed by atoms with Crippen LogP contribution in [0.4, 0.5) is 5.82 Å². The second kappa shape index (κ2) is 7.02. The van der Waals surface area contributed by atoms with Crippen molar-refractivity contribution >= 4 is 44.9 Å². The third-order valence-corrected chi connectivity index (χ3v) is 5.41. The highest BCUT2D eigenvalue weighted by atomic mass is 79.9. The third-order valence-electron chi connectivity index (χ3n) is 4.36. The van der Waals surface area contributed by atoms with E-state index in [0.29, 0.717) is 10.0 Å². The standard InChI is InChI=1S/C19H16BrCl2N3/c20-13-5-3-4-12(10-13)18-15-6-1-2-9-23-19(15)25(24-18)17-11-14(21)7-8-16(17)22/h3-5,7-8,10-11,23H,1-2,6,9H2. The van der Waals surface area contributed by atoms with Crippen molar-refractivity contribution < 1.29 is 0 Å². The number of anilines is 1. The lowest BCUT2D eigenvalue weighted by Gasteiger charge is -2.11. The van der Waals surface area contributed by atoms with Crippen LogP contribution in [0.5, 0.6) is 0 Å². The van der Waals surface area contributed by atoms with Gasteiger partial charge in [0.25, 0.3) is 0 Å². The molecular formula is C19H16BrCl2N3. The monoisotopic (exact) mass is 435 g/mol. The van der Waals surface area contributed by atoms with Gasteiger partial charge in [-0.15, -0.1) is 0 Å². The summed E-state index contributed by atoms with van der Waals surface area (Å²) in [5.74, 6) is 1.01. The molecule has 1 N–H and O–H groups in total. The van der Waals surface area contributed by atoms with Gasteiger partial charge in [-0.2, -0.15) is 5.10 Å². The molecule has 4 rings (SSSR count). The van der Waals surface area contributed by atoms with Gasteiger partial charge in [0, 0.05) is 27.2 Å². The molecule has 1 aromatic heterocycles. The van der Waals surface area contributed by atoms with Gasteiger partial charge in [-0.05, 0) is 49.6 Å². The molecule has 0 unspecified atom stereocenters. The third kappa shape index (κ3) is 3.31. The number of hydrogen-bond acceptors (Lipinski definition) is 2. The van der Waals surface area contributed by atoms with Gasteiger partial charge < -0.3 is 5.32 Å². The Morgan fingerprint density at radius 3 is 2.80 bits per heavy atom. The Morgan fingerprint density at radius 1 is 1.08 bits per heavy atom. The predicted molar refractivity (Wildman–Crippen MR) is 108 cm³/mol. The molecule has 1 aliphatic heterocycles. The summed E-state index contributed by atoms with van der Waals surface area (Å²) in [7, 11) is 0. The minimum absolute atomic E-state index is 0.626. The van der Waals surface area contributed by atoms with Crippen LogP contribution in [0.1, 0.15) is 18.4 Å². The highest BCUT2D eigenvalue weighted by molar-refractivity contribution is 9.10. The lowest BCUT2D eigenvalue weighted by molar-refractivity contribution is 0.780. The van der Waals surface area contributed by atoms with Crippen LogP contribution >= 0.6 is 39.1 Å². The number of benzene rings is 2. The first-order chi connectivity index (χ1) is 12.1. The fraction of sp³-hybridized carbons (Fsp3) is 0.211. The fourth-order valence-corrected chi connectivity index (χ4v) is 3.96. The van der Waals surface area contributed by atoms with E-state index < -0.39 is 0 Å². The van der Waals surface area contributed by atoms with Crippen molar-refractivity contribution in [3.05, 3.63) is 62.5 Å². The first-order valence-electron chi connectivity index (χ1n) is 8.20. The van der Waals surface area contributed by atoms with E-state index in [0.717, 1.165) is 53.0 Å². The molecule has 3 nitrogen and oxygen atoms in total. The molecule has 128 valence electrons. The summed E-state index contributed by atoms with van der Waals surface area (Å²) in [5.41, 5.74) is 4.10. The van der Waals surface area contributed by atoms with Crippen molar-refractivity contribution in [2.24, 2.45) is 0 Å². The zero-order valence-electron chi connectivity index (χ0n) is 13.4. The van der Waals surface area contributed by atoms with Crippen molar-refractivity contribution in [3.8, 4) is 16.9 Å². The average molecular weight is 437 g/mol. The van der Waals surface area contributed by atoms with E-state index in [2.05, 4.69) is 33.4 Å². The normalized spacial score (nSPS) is 13.9. The van der Waals surface area contributed by atoms with Crippen LogP contribution in [0, 0.1) is 0 Å². The van der Waals surface area contributed by atoms with Gasteiger partial charge in [0.2, 0.25) is 0 Å². The number of nitrogens with zero attached hydrogens (tertiary/aromatic N) is 2. The summed E-state index contributed by atoms with van der Waals surface area (Å²) >= 11 is 16.2. The van der Waals surface area contributed by atoms with Crippen LogP contribution in [0.25, 0.3) is 16.9 Å². The second-order valence-electron chi connectivity index (χ2n) is 6.08. The Morgan fingerprint density at radius 2 is 1.96 bits per heavy atom. The maximum absolute atomic E-state index is 6.44. The topological polar surface area (TPSA) is 29.9 Å². The molecule has 0 aliphatic carbocycles. The van der Waals surface area contributed by atoms with E-state index in [4.69, 9.17) is 28.3 Å². The quantitative estimate of drug-likeness (QED) is 0.506. The average Bonchev–Trinajstić information content (AvgIpc) is 2.78. The molecular weight excluding hydrogens is 421 g/mol. The van der Waals surface area contributed by atoms with E-state index in [-0.39, 0.29) is 0 Å². The van der Waals surface area contributed by atoms with Gasteiger partial charge in [-0.3, -0.25) is 0 Å². The van der Waals surface area contributed by atoms with Crippen LogP contribution in [0.2, 0.25) is 10.0 Å². The molecule has 0 spiro atoms. The summed E-state index contributed by atoms with van der Waals surface area (Å²) < 4.78 is 2.93. The fourth-order valence-electron chi connectivity index (χ4n) is 3.19. The van der Waals surface area contributed by atoms with Gasteiger partial charge in [0.05, 0.1) is 16.4 Å². The van der Waals surface area contributed by atoms with Gasteiger partial charge >= 0.3 is 0 Å². The van der Waals surface area contributed by atoms with E-state index in [1.54, 1.807) is 6.07 Å². The summed E-state index contributed by atoms with van der Waals surface area (Å²) in [4.78, 5) is 0. The molecule has 0 bridgehead atoms. The second-order valence-corrected chi connectivity index (χ2v) is 7.84. The lowest BCUT2D eigenvalue weighted by atomic mass is 10.0. The molecule has 0 saturated carbocycles. The Bertz CT molecular complexity index is 936.